The Morgan fingerprint density at radius 3 is 2.56 bits per heavy atom. The van der Waals surface area contributed by atoms with Crippen LogP contribution in [0.25, 0.3) is 0 Å². The predicted molar refractivity (Wildman–Crippen MR) is 102 cm³/mol. The summed E-state index contributed by atoms with van der Waals surface area (Å²) in [5.41, 5.74) is 0.101. The lowest BCUT2D eigenvalue weighted by molar-refractivity contribution is 0.187. The number of anilines is 1. The average Bonchev–Trinajstić information content (AvgIpc) is 3.03. The van der Waals surface area contributed by atoms with Crippen LogP contribution >= 0.6 is 22.9 Å². The van der Waals surface area contributed by atoms with Crippen molar-refractivity contribution in [2.45, 2.75) is 31.7 Å². The highest BCUT2D eigenvalue weighted by Crippen LogP contribution is 2.33. The van der Waals surface area contributed by atoms with E-state index in [1.54, 1.807) is 26.0 Å². The summed E-state index contributed by atoms with van der Waals surface area (Å²) in [5, 5.41) is 17.4. The van der Waals surface area contributed by atoms with Crippen LogP contribution in [0.5, 0.6) is 0 Å². The molecule has 0 aliphatic heterocycles. The molecular weight excluding hydrogens is 358 g/mol. The molecule has 0 aliphatic carbocycles. The number of nitrogens with zero attached hydrogens (tertiary/aromatic N) is 1. The van der Waals surface area contributed by atoms with Gasteiger partial charge >= 0.3 is 6.03 Å². The van der Waals surface area contributed by atoms with Crippen molar-refractivity contribution >= 4 is 34.1 Å². The lowest BCUT2D eigenvalue weighted by Gasteiger charge is -2.23. The molecule has 2 rings (SSSR count). The van der Waals surface area contributed by atoms with E-state index in [0.29, 0.717) is 15.8 Å². The highest BCUT2D eigenvalue weighted by Gasteiger charge is 2.30. The predicted octanol–water partition coefficient (Wildman–Crippen LogP) is 3.63. The van der Waals surface area contributed by atoms with Gasteiger partial charge in [0.2, 0.25) is 0 Å². The van der Waals surface area contributed by atoms with E-state index in [9.17, 15) is 9.90 Å². The molecule has 0 saturated heterocycles. The van der Waals surface area contributed by atoms with Crippen molar-refractivity contribution in [2.75, 3.05) is 11.9 Å². The molecule has 25 heavy (non-hydrogen) atoms. The van der Waals surface area contributed by atoms with E-state index in [-0.39, 0.29) is 6.61 Å². The second-order valence-corrected chi connectivity index (χ2v) is 7.73. The zero-order valence-corrected chi connectivity index (χ0v) is 15.8. The van der Waals surface area contributed by atoms with E-state index in [2.05, 4.69) is 21.5 Å². The zero-order chi connectivity index (χ0) is 18.7. The van der Waals surface area contributed by atoms with E-state index < -0.39 is 17.0 Å². The summed E-state index contributed by atoms with van der Waals surface area (Å²) < 4.78 is 0. The largest absolute Gasteiger partial charge is 0.394 e. The summed E-state index contributed by atoms with van der Waals surface area (Å²) in [4.78, 5) is 16.5. The van der Waals surface area contributed by atoms with Crippen LogP contribution in [0.4, 0.5) is 9.93 Å². The van der Waals surface area contributed by atoms with Gasteiger partial charge in [-0.1, -0.05) is 29.7 Å². The first-order valence-electron chi connectivity index (χ1n) is 7.60. The van der Waals surface area contributed by atoms with Gasteiger partial charge in [-0.15, -0.1) is 17.8 Å². The molecule has 0 spiro atoms. The molecule has 1 atom stereocenters. The smallest absolute Gasteiger partial charge is 0.321 e. The summed E-state index contributed by atoms with van der Waals surface area (Å²) in [7, 11) is 0. The van der Waals surface area contributed by atoms with Crippen molar-refractivity contribution in [2.24, 2.45) is 0 Å². The molecule has 7 heteroatoms. The van der Waals surface area contributed by atoms with Crippen molar-refractivity contribution < 1.29 is 9.90 Å². The number of carbonyl (C=O) groups is 1. The van der Waals surface area contributed by atoms with Crippen LogP contribution in [0.1, 0.15) is 32.0 Å². The maximum atomic E-state index is 12.0. The number of aromatic nitrogens is 1. The molecule has 3 N–H and O–H groups in total. The van der Waals surface area contributed by atoms with Gasteiger partial charge in [0, 0.05) is 10.4 Å². The highest BCUT2D eigenvalue weighted by atomic mass is 35.5. The van der Waals surface area contributed by atoms with Crippen LogP contribution in [0, 0.1) is 12.3 Å². The quantitative estimate of drug-likeness (QED) is 0.696. The third-order valence-electron chi connectivity index (χ3n) is 3.79. The number of thiazole rings is 1. The van der Waals surface area contributed by atoms with Gasteiger partial charge in [-0.05, 0) is 38.5 Å². The van der Waals surface area contributed by atoms with Crippen LogP contribution in [0.2, 0.25) is 5.02 Å². The van der Waals surface area contributed by atoms with Crippen molar-refractivity contribution in [1.82, 2.24) is 10.3 Å². The van der Waals surface area contributed by atoms with Gasteiger partial charge in [0.25, 0.3) is 0 Å². The van der Waals surface area contributed by atoms with Crippen molar-refractivity contribution in [3.05, 3.63) is 45.9 Å². The molecule has 1 heterocycles. The minimum absolute atomic E-state index is 0.171. The number of hydrogen-bond acceptors (Lipinski definition) is 4. The molecule has 2 amide bonds. The monoisotopic (exact) mass is 377 g/mol. The van der Waals surface area contributed by atoms with Crippen molar-refractivity contribution in [1.29, 1.82) is 0 Å². The van der Waals surface area contributed by atoms with Crippen LogP contribution in [-0.4, -0.2) is 28.3 Å². The SMILES string of the molecule is C#C[C@@](C)(c1ccc(Cl)cc1)c1csc(NC(=O)NC(C)(C)CO)n1. The molecule has 0 bridgehead atoms. The normalized spacial score (nSPS) is 13.6. The van der Waals surface area contributed by atoms with Crippen LogP contribution in [0.15, 0.2) is 29.6 Å². The van der Waals surface area contributed by atoms with Gasteiger partial charge in [0.15, 0.2) is 5.13 Å². The van der Waals surface area contributed by atoms with Gasteiger partial charge in [0.05, 0.1) is 23.3 Å². The third-order valence-corrected chi connectivity index (χ3v) is 4.80. The fourth-order valence-electron chi connectivity index (χ4n) is 2.12. The number of hydrogen-bond donors (Lipinski definition) is 3. The van der Waals surface area contributed by atoms with Gasteiger partial charge in [-0.3, -0.25) is 5.32 Å². The molecule has 0 radical (unpaired) electrons. The molecule has 2 aromatic rings. The first-order chi connectivity index (χ1) is 11.7. The third kappa shape index (κ3) is 4.51. The summed E-state index contributed by atoms with van der Waals surface area (Å²) in [6.07, 6.45) is 5.78. The topological polar surface area (TPSA) is 74.2 Å². The maximum Gasteiger partial charge on any atom is 0.321 e. The van der Waals surface area contributed by atoms with Crippen LogP contribution in [0.3, 0.4) is 0 Å². The molecule has 0 unspecified atom stereocenters. The average molecular weight is 378 g/mol. The minimum Gasteiger partial charge on any atom is -0.394 e. The minimum atomic E-state index is -0.734. The number of nitrogens with one attached hydrogen (secondary N) is 2. The van der Waals surface area contributed by atoms with Crippen LogP contribution in [-0.2, 0) is 5.41 Å². The standard InChI is InChI=1S/C18H20ClN3O2S/c1-5-18(4,12-6-8-13(19)9-7-12)14-10-25-16(20-14)21-15(24)22-17(2,3)11-23/h1,6-10,23H,11H2,2-4H3,(H2,20,21,22,24)/t18-/m0/s1. The Morgan fingerprint density at radius 1 is 1.36 bits per heavy atom. The molecule has 5 nitrogen and oxygen atoms in total. The first kappa shape index (κ1) is 19.3. The second kappa shape index (κ2) is 7.44. The van der Waals surface area contributed by atoms with E-state index in [0.717, 1.165) is 5.56 Å². The number of halogens is 1. The Balaban J connectivity index is 2.20. The number of urea groups is 1. The maximum absolute atomic E-state index is 12.0. The summed E-state index contributed by atoms with van der Waals surface area (Å²) in [6, 6.07) is 6.86. The fraction of sp³-hybridized carbons (Fsp3) is 0.333. The Labute approximate surface area is 156 Å². The van der Waals surface area contributed by atoms with Crippen LogP contribution < -0.4 is 10.6 Å². The molecule has 0 saturated carbocycles. The Kier molecular flexibility index (Phi) is 5.73. The summed E-state index contributed by atoms with van der Waals surface area (Å²) >= 11 is 7.22. The molecule has 1 aromatic carbocycles. The van der Waals surface area contributed by atoms with E-state index >= 15 is 0 Å². The lowest BCUT2D eigenvalue weighted by Crippen LogP contribution is -2.48. The number of aliphatic hydroxyl groups is 1. The van der Waals surface area contributed by atoms with E-state index in [4.69, 9.17) is 18.0 Å². The molecule has 132 valence electrons. The summed E-state index contributed by atoms with van der Waals surface area (Å²) in [5.74, 6) is 2.78. The van der Waals surface area contributed by atoms with Gasteiger partial charge in [-0.25, -0.2) is 9.78 Å². The number of aliphatic hydroxyl groups excluding tert-OH is 1. The number of rotatable bonds is 5. The highest BCUT2D eigenvalue weighted by molar-refractivity contribution is 7.14. The fourth-order valence-corrected chi connectivity index (χ4v) is 3.06. The van der Waals surface area contributed by atoms with Crippen molar-refractivity contribution in [3.63, 3.8) is 0 Å². The van der Waals surface area contributed by atoms with Crippen molar-refractivity contribution in [3.8, 4) is 12.3 Å². The molecule has 1 aromatic heterocycles. The Bertz CT molecular complexity index is 795. The number of terminal acetylenes is 1. The number of carbonyl (C=O) groups excluding carboxylic acids is 1. The molecule has 0 fully saturated rings. The molecule has 0 aliphatic rings. The first-order valence-corrected chi connectivity index (χ1v) is 8.86. The lowest BCUT2D eigenvalue weighted by atomic mass is 9.81. The molecular formula is C18H20ClN3O2S. The van der Waals surface area contributed by atoms with E-state index in [1.807, 2.05) is 24.4 Å². The Hall–Kier alpha value is -2.07. The zero-order valence-electron chi connectivity index (χ0n) is 14.3. The van der Waals surface area contributed by atoms with E-state index in [1.165, 1.54) is 11.3 Å². The van der Waals surface area contributed by atoms with Gasteiger partial charge in [-0.2, -0.15) is 0 Å². The number of benzene rings is 1. The Morgan fingerprint density at radius 2 is 2.00 bits per heavy atom. The van der Waals surface area contributed by atoms with Gasteiger partial charge < -0.3 is 10.4 Å². The summed E-state index contributed by atoms with van der Waals surface area (Å²) in [6.45, 7) is 5.16. The number of amides is 2. The van der Waals surface area contributed by atoms with Gasteiger partial charge in [0.1, 0.15) is 0 Å². The second-order valence-electron chi connectivity index (χ2n) is 6.44.